The van der Waals surface area contributed by atoms with E-state index in [2.05, 4.69) is 19.1 Å². The largest absolute Gasteiger partial charge is 0.481 e. The molecular formula is C21H26N2O2. The topological polar surface area (TPSA) is 55.6 Å². The third-order valence-corrected chi connectivity index (χ3v) is 4.98. The molecule has 0 bridgehead atoms. The second-order valence-electron chi connectivity index (χ2n) is 7.18. The Balaban J connectivity index is 1.61. The number of rotatable bonds is 5. The third kappa shape index (κ3) is 4.02. The van der Waals surface area contributed by atoms with Gasteiger partial charge in [0.05, 0.1) is 0 Å². The summed E-state index contributed by atoms with van der Waals surface area (Å²) in [4.78, 5) is 14.5. The van der Waals surface area contributed by atoms with Crippen molar-refractivity contribution in [3.63, 3.8) is 0 Å². The fourth-order valence-corrected chi connectivity index (χ4v) is 3.25. The van der Waals surface area contributed by atoms with E-state index in [-0.39, 0.29) is 11.3 Å². The molecule has 0 aromatic heterocycles. The Kier molecular flexibility index (Phi) is 5.09. The zero-order valence-electron chi connectivity index (χ0n) is 14.9. The van der Waals surface area contributed by atoms with Crippen LogP contribution < -0.4 is 10.5 Å². The Morgan fingerprint density at radius 3 is 2.40 bits per heavy atom. The smallest absolute Gasteiger partial charge is 0.263 e. The van der Waals surface area contributed by atoms with E-state index in [0.29, 0.717) is 18.8 Å². The molecule has 2 aromatic carbocycles. The summed E-state index contributed by atoms with van der Waals surface area (Å²) < 4.78 is 5.86. The minimum atomic E-state index is -0.498. The van der Waals surface area contributed by atoms with Crippen LogP contribution in [0.2, 0.25) is 0 Å². The van der Waals surface area contributed by atoms with Crippen molar-refractivity contribution in [1.29, 1.82) is 0 Å². The van der Waals surface area contributed by atoms with Crippen molar-refractivity contribution in [2.45, 2.75) is 26.4 Å². The number of likely N-dealkylation sites (tertiary alicyclic amines) is 1. The highest BCUT2D eigenvalue weighted by molar-refractivity contribution is 5.81. The molecule has 2 N–H and O–H groups in total. The van der Waals surface area contributed by atoms with Gasteiger partial charge in [-0.25, -0.2) is 0 Å². The van der Waals surface area contributed by atoms with E-state index in [1.54, 1.807) is 0 Å². The van der Waals surface area contributed by atoms with Crippen molar-refractivity contribution < 1.29 is 9.53 Å². The average Bonchev–Trinajstić information content (AvgIpc) is 3.05. The lowest BCUT2D eigenvalue weighted by Gasteiger charge is -2.25. The first-order valence-electron chi connectivity index (χ1n) is 8.82. The van der Waals surface area contributed by atoms with Gasteiger partial charge in [-0.2, -0.15) is 0 Å². The highest BCUT2D eigenvalue weighted by Gasteiger charge is 2.36. The Bertz CT molecular complexity index is 714. The Labute approximate surface area is 149 Å². The lowest BCUT2D eigenvalue weighted by molar-refractivity contribution is -0.137. The third-order valence-electron chi connectivity index (χ3n) is 4.98. The highest BCUT2D eigenvalue weighted by atomic mass is 16.5. The van der Waals surface area contributed by atoms with Gasteiger partial charge in [0.15, 0.2) is 6.10 Å². The maximum atomic E-state index is 12.6. The number of nitrogens with two attached hydrogens (primary N) is 1. The molecule has 0 radical (unpaired) electrons. The first-order valence-corrected chi connectivity index (χ1v) is 8.82. The van der Waals surface area contributed by atoms with Gasteiger partial charge in [-0.3, -0.25) is 4.79 Å². The molecule has 1 amide bonds. The molecular weight excluding hydrogens is 312 g/mol. The van der Waals surface area contributed by atoms with Crippen LogP contribution in [0.15, 0.2) is 54.6 Å². The number of carbonyl (C=O) groups is 1. The van der Waals surface area contributed by atoms with Gasteiger partial charge in [-0.1, -0.05) is 49.4 Å². The predicted octanol–water partition coefficient (Wildman–Crippen LogP) is 3.32. The average molecular weight is 338 g/mol. The summed E-state index contributed by atoms with van der Waals surface area (Å²) in [5.74, 6) is 0.741. The molecule has 3 rings (SSSR count). The SMILES string of the molecule is CC(Oc1ccc(-c2ccccc2)cc1)C(=O)N1CCC(C)(CN)C1. The van der Waals surface area contributed by atoms with Gasteiger partial charge in [0.1, 0.15) is 5.75 Å². The summed E-state index contributed by atoms with van der Waals surface area (Å²) in [6.07, 6.45) is 0.455. The standard InChI is InChI=1S/C21H26N2O2/c1-16(20(24)23-13-12-21(2,14-22)15-23)25-19-10-8-18(9-11-19)17-6-4-3-5-7-17/h3-11,16H,12-15,22H2,1-2H3. The van der Waals surface area contributed by atoms with Gasteiger partial charge < -0.3 is 15.4 Å². The van der Waals surface area contributed by atoms with Crippen LogP contribution in [0.5, 0.6) is 5.75 Å². The highest BCUT2D eigenvalue weighted by Crippen LogP contribution is 2.29. The van der Waals surface area contributed by atoms with Crippen molar-refractivity contribution >= 4 is 5.91 Å². The molecule has 1 saturated heterocycles. The zero-order chi connectivity index (χ0) is 17.9. The maximum Gasteiger partial charge on any atom is 0.263 e. The normalized spacial score (nSPS) is 21.2. The van der Waals surface area contributed by atoms with E-state index in [4.69, 9.17) is 10.5 Å². The molecule has 0 spiro atoms. The molecule has 4 nitrogen and oxygen atoms in total. The van der Waals surface area contributed by atoms with Crippen LogP contribution in [-0.4, -0.2) is 36.5 Å². The monoisotopic (exact) mass is 338 g/mol. The number of hydrogen-bond acceptors (Lipinski definition) is 3. The molecule has 2 aromatic rings. The minimum absolute atomic E-state index is 0.0318. The van der Waals surface area contributed by atoms with Gasteiger partial charge in [-0.15, -0.1) is 0 Å². The number of nitrogens with zero attached hydrogens (tertiary/aromatic N) is 1. The van der Waals surface area contributed by atoms with Gasteiger partial charge >= 0.3 is 0 Å². The second-order valence-corrected chi connectivity index (χ2v) is 7.18. The number of hydrogen-bond donors (Lipinski definition) is 1. The number of ether oxygens (including phenoxy) is 1. The van der Waals surface area contributed by atoms with E-state index in [0.717, 1.165) is 24.1 Å². The summed E-state index contributed by atoms with van der Waals surface area (Å²) >= 11 is 0. The molecule has 1 heterocycles. The van der Waals surface area contributed by atoms with E-state index in [9.17, 15) is 4.79 Å². The van der Waals surface area contributed by atoms with Crippen molar-refractivity contribution in [3.8, 4) is 16.9 Å². The van der Waals surface area contributed by atoms with Crippen LogP contribution in [0.25, 0.3) is 11.1 Å². The molecule has 132 valence electrons. The van der Waals surface area contributed by atoms with E-state index >= 15 is 0 Å². The van der Waals surface area contributed by atoms with Crippen LogP contribution in [0.4, 0.5) is 0 Å². The van der Waals surface area contributed by atoms with Crippen molar-refractivity contribution in [2.75, 3.05) is 19.6 Å². The van der Waals surface area contributed by atoms with Crippen molar-refractivity contribution in [1.82, 2.24) is 4.90 Å². The molecule has 4 heteroatoms. The van der Waals surface area contributed by atoms with Crippen LogP contribution >= 0.6 is 0 Å². The first kappa shape index (κ1) is 17.5. The zero-order valence-corrected chi connectivity index (χ0v) is 14.9. The van der Waals surface area contributed by atoms with Gasteiger partial charge in [0.25, 0.3) is 5.91 Å². The molecule has 1 aliphatic rings. The lowest BCUT2D eigenvalue weighted by Crippen LogP contribution is -2.41. The Hall–Kier alpha value is -2.33. The van der Waals surface area contributed by atoms with Crippen LogP contribution in [0, 0.1) is 5.41 Å². The van der Waals surface area contributed by atoms with Crippen LogP contribution in [0.3, 0.4) is 0 Å². The van der Waals surface area contributed by atoms with Crippen LogP contribution in [-0.2, 0) is 4.79 Å². The lowest BCUT2D eigenvalue weighted by atomic mass is 9.90. The molecule has 2 unspecified atom stereocenters. The second kappa shape index (κ2) is 7.28. The minimum Gasteiger partial charge on any atom is -0.481 e. The molecule has 2 atom stereocenters. The summed E-state index contributed by atoms with van der Waals surface area (Å²) in [7, 11) is 0. The maximum absolute atomic E-state index is 12.6. The Morgan fingerprint density at radius 2 is 1.80 bits per heavy atom. The summed E-state index contributed by atoms with van der Waals surface area (Å²) in [5.41, 5.74) is 8.15. The number of benzene rings is 2. The summed E-state index contributed by atoms with van der Waals surface area (Å²) in [5, 5.41) is 0. The van der Waals surface area contributed by atoms with E-state index < -0.39 is 6.10 Å². The fourth-order valence-electron chi connectivity index (χ4n) is 3.25. The van der Waals surface area contributed by atoms with Gasteiger partial charge in [0, 0.05) is 13.1 Å². The fraction of sp³-hybridized carbons (Fsp3) is 0.381. The molecule has 25 heavy (non-hydrogen) atoms. The Morgan fingerprint density at radius 1 is 1.16 bits per heavy atom. The van der Waals surface area contributed by atoms with Gasteiger partial charge in [-0.05, 0) is 48.6 Å². The van der Waals surface area contributed by atoms with Crippen molar-refractivity contribution in [3.05, 3.63) is 54.6 Å². The van der Waals surface area contributed by atoms with Gasteiger partial charge in [0.2, 0.25) is 0 Å². The van der Waals surface area contributed by atoms with E-state index in [1.807, 2.05) is 54.3 Å². The predicted molar refractivity (Wildman–Crippen MR) is 100 cm³/mol. The summed E-state index contributed by atoms with van der Waals surface area (Å²) in [6, 6.07) is 18.1. The molecule has 1 aliphatic heterocycles. The quantitative estimate of drug-likeness (QED) is 0.910. The van der Waals surface area contributed by atoms with Crippen molar-refractivity contribution in [2.24, 2.45) is 11.1 Å². The van der Waals surface area contributed by atoms with Crippen LogP contribution in [0.1, 0.15) is 20.3 Å². The molecule has 1 fully saturated rings. The van der Waals surface area contributed by atoms with E-state index in [1.165, 1.54) is 0 Å². The molecule has 0 aliphatic carbocycles. The molecule has 0 saturated carbocycles. The summed E-state index contributed by atoms with van der Waals surface area (Å²) in [6.45, 7) is 6.02. The number of carbonyl (C=O) groups excluding carboxylic acids is 1. The number of amides is 1. The first-order chi connectivity index (χ1) is 12.0.